The molecule has 0 radical (unpaired) electrons. The van der Waals surface area contributed by atoms with E-state index in [1.807, 2.05) is 12.2 Å². The molecule has 1 aliphatic rings. The van der Waals surface area contributed by atoms with Crippen LogP contribution >= 0.6 is 11.6 Å². The summed E-state index contributed by atoms with van der Waals surface area (Å²) in [6.45, 7) is 0. The van der Waals surface area contributed by atoms with Crippen molar-refractivity contribution in [2.45, 2.75) is 12.8 Å². The zero-order valence-corrected chi connectivity index (χ0v) is 10.3. The summed E-state index contributed by atoms with van der Waals surface area (Å²) in [6, 6.07) is 6.41. The fraction of sp³-hybridized carbons (Fsp3) is 0.154. The third-order valence-electron chi connectivity index (χ3n) is 2.58. The van der Waals surface area contributed by atoms with Crippen LogP contribution in [0.4, 0.5) is 5.69 Å². The van der Waals surface area contributed by atoms with Crippen LogP contribution in [0.25, 0.3) is 6.08 Å². The molecule has 4 nitrogen and oxygen atoms in total. The zero-order chi connectivity index (χ0) is 13.0. The van der Waals surface area contributed by atoms with Gasteiger partial charge in [0.1, 0.15) is 5.17 Å². The van der Waals surface area contributed by atoms with Gasteiger partial charge in [0.05, 0.1) is 4.92 Å². The van der Waals surface area contributed by atoms with E-state index in [0.29, 0.717) is 5.17 Å². The molecule has 0 unspecified atom stereocenters. The smallest absolute Gasteiger partial charge is 0.258 e. The summed E-state index contributed by atoms with van der Waals surface area (Å²) in [5.74, 6) is 0. The molecule has 1 aliphatic heterocycles. The zero-order valence-electron chi connectivity index (χ0n) is 9.54. The van der Waals surface area contributed by atoms with Crippen LogP contribution in [-0.4, -0.2) is 10.1 Å². The van der Waals surface area contributed by atoms with Crippen molar-refractivity contribution >= 4 is 28.5 Å². The second kappa shape index (κ2) is 5.60. The summed E-state index contributed by atoms with van der Waals surface area (Å²) in [5.41, 5.74) is 2.11. The van der Waals surface area contributed by atoms with Gasteiger partial charge in [-0.15, -0.1) is 0 Å². The van der Waals surface area contributed by atoms with Crippen LogP contribution < -0.4 is 0 Å². The Kier molecular flexibility index (Phi) is 3.89. The highest BCUT2D eigenvalue weighted by molar-refractivity contribution is 6.65. The topological polar surface area (TPSA) is 55.5 Å². The molecule has 0 aromatic heterocycles. The van der Waals surface area contributed by atoms with Crippen LogP contribution in [0.1, 0.15) is 18.4 Å². The Morgan fingerprint density at radius 2 is 1.94 bits per heavy atom. The van der Waals surface area contributed by atoms with Gasteiger partial charge in [0.15, 0.2) is 0 Å². The lowest BCUT2D eigenvalue weighted by Gasteiger charge is -2.05. The molecular weight excluding hydrogens is 252 g/mol. The molecule has 1 aromatic carbocycles. The quantitative estimate of drug-likeness (QED) is 0.612. The third kappa shape index (κ3) is 3.28. The minimum Gasteiger partial charge on any atom is -0.258 e. The van der Waals surface area contributed by atoms with E-state index in [4.69, 9.17) is 11.6 Å². The Balaban J connectivity index is 2.07. The van der Waals surface area contributed by atoms with E-state index >= 15 is 0 Å². The van der Waals surface area contributed by atoms with Gasteiger partial charge in [-0.1, -0.05) is 23.8 Å². The Morgan fingerprint density at radius 1 is 1.22 bits per heavy atom. The van der Waals surface area contributed by atoms with Crippen LogP contribution in [0.5, 0.6) is 0 Å². The maximum Gasteiger partial charge on any atom is 0.269 e. The molecule has 0 saturated carbocycles. The largest absolute Gasteiger partial charge is 0.269 e. The van der Waals surface area contributed by atoms with Crippen LogP contribution in [-0.2, 0) is 0 Å². The number of hydrogen-bond donors (Lipinski definition) is 0. The fourth-order valence-corrected chi connectivity index (χ4v) is 1.71. The average molecular weight is 263 g/mol. The highest BCUT2D eigenvalue weighted by atomic mass is 35.5. The minimum absolute atomic E-state index is 0.0976. The van der Waals surface area contributed by atoms with Crippen molar-refractivity contribution in [1.82, 2.24) is 0 Å². The maximum absolute atomic E-state index is 10.5. The van der Waals surface area contributed by atoms with Crippen molar-refractivity contribution < 1.29 is 4.92 Å². The SMILES string of the molecule is O=[N+]([O-])c1ccc(/C=C/C2=CN=C(Cl)CC2)cc1. The van der Waals surface area contributed by atoms with Crippen molar-refractivity contribution in [3.05, 3.63) is 57.8 Å². The molecule has 0 N–H and O–H groups in total. The molecule has 0 spiro atoms. The standard InChI is InChI=1S/C13H11ClN2O2/c14-13-8-5-11(9-15-13)2-1-10-3-6-12(7-4-10)16(17)18/h1-4,6-7,9H,5,8H2/b2-1+. The molecule has 0 saturated heterocycles. The van der Waals surface area contributed by atoms with Gasteiger partial charge in [-0.2, -0.15) is 0 Å². The number of non-ortho nitro benzene ring substituents is 1. The lowest BCUT2D eigenvalue weighted by Crippen LogP contribution is -1.94. The van der Waals surface area contributed by atoms with Gasteiger partial charge < -0.3 is 0 Å². The van der Waals surface area contributed by atoms with Gasteiger partial charge in [0.2, 0.25) is 0 Å². The molecule has 1 aromatic rings. The van der Waals surface area contributed by atoms with Crippen molar-refractivity contribution in [1.29, 1.82) is 0 Å². The van der Waals surface area contributed by atoms with E-state index in [1.165, 1.54) is 12.1 Å². The molecule has 0 bridgehead atoms. The van der Waals surface area contributed by atoms with Gasteiger partial charge >= 0.3 is 0 Å². The monoisotopic (exact) mass is 262 g/mol. The summed E-state index contributed by atoms with van der Waals surface area (Å²) in [5, 5.41) is 11.1. The van der Waals surface area contributed by atoms with Crippen molar-refractivity contribution in [3.8, 4) is 0 Å². The highest BCUT2D eigenvalue weighted by Crippen LogP contribution is 2.18. The summed E-state index contributed by atoms with van der Waals surface area (Å²) in [7, 11) is 0. The number of nitro groups is 1. The first-order valence-electron chi connectivity index (χ1n) is 5.49. The average Bonchev–Trinajstić information content (AvgIpc) is 2.38. The second-order valence-electron chi connectivity index (χ2n) is 3.89. The number of halogens is 1. The van der Waals surface area contributed by atoms with Crippen molar-refractivity contribution in [2.24, 2.45) is 4.99 Å². The lowest BCUT2D eigenvalue weighted by atomic mass is 10.1. The van der Waals surface area contributed by atoms with Crippen LogP contribution in [0.15, 0.2) is 47.1 Å². The maximum atomic E-state index is 10.5. The van der Waals surface area contributed by atoms with Crippen LogP contribution in [0.2, 0.25) is 0 Å². The molecule has 92 valence electrons. The Bertz CT molecular complexity index is 545. The van der Waals surface area contributed by atoms with Crippen molar-refractivity contribution in [2.75, 3.05) is 0 Å². The molecular formula is C13H11ClN2O2. The number of nitro benzene ring substituents is 1. The molecule has 2 rings (SSSR count). The summed E-state index contributed by atoms with van der Waals surface area (Å²) < 4.78 is 0. The number of nitrogens with zero attached hydrogens (tertiary/aromatic N) is 2. The molecule has 5 heteroatoms. The van der Waals surface area contributed by atoms with E-state index in [-0.39, 0.29) is 5.69 Å². The van der Waals surface area contributed by atoms with E-state index in [9.17, 15) is 10.1 Å². The van der Waals surface area contributed by atoms with Gasteiger partial charge in [-0.25, -0.2) is 4.99 Å². The minimum atomic E-state index is -0.409. The summed E-state index contributed by atoms with van der Waals surface area (Å²) in [6.07, 6.45) is 7.23. The third-order valence-corrected chi connectivity index (χ3v) is 2.87. The van der Waals surface area contributed by atoms with Crippen molar-refractivity contribution in [3.63, 3.8) is 0 Å². The summed E-state index contributed by atoms with van der Waals surface area (Å²) in [4.78, 5) is 14.1. The van der Waals surface area contributed by atoms with E-state index in [0.717, 1.165) is 24.0 Å². The van der Waals surface area contributed by atoms with Crippen LogP contribution in [0.3, 0.4) is 0 Å². The first-order valence-corrected chi connectivity index (χ1v) is 5.87. The number of hydrogen-bond acceptors (Lipinski definition) is 3. The molecule has 0 atom stereocenters. The van der Waals surface area contributed by atoms with Gasteiger partial charge in [-0.05, 0) is 29.7 Å². The predicted molar refractivity (Wildman–Crippen MR) is 72.7 cm³/mol. The van der Waals surface area contributed by atoms with Gasteiger partial charge in [-0.3, -0.25) is 10.1 Å². The first kappa shape index (κ1) is 12.5. The highest BCUT2D eigenvalue weighted by Gasteiger charge is 2.04. The molecule has 0 amide bonds. The Morgan fingerprint density at radius 3 is 2.50 bits per heavy atom. The summed E-state index contributed by atoms with van der Waals surface area (Å²) >= 11 is 5.76. The Labute approximate surface area is 109 Å². The van der Waals surface area contributed by atoms with Gasteiger partial charge in [0, 0.05) is 24.8 Å². The predicted octanol–water partition coefficient (Wildman–Crippen LogP) is 3.92. The number of rotatable bonds is 3. The van der Waals surface area contributed by atoms with Crippen LogP contribution in [0, 0.1) is 10.1 Å². The van der Waals surface area contributed by atoms with E-state index in [2.05, 4.69) is 4.99 Å². The molecule has 0 aliphatic carbocycles. The molecule has 0 fully saturated rings. The van der Waals surface area contributed by atoms with E-state index in [1.54, 1.807) is 18.3 Å². The fourth-order valence-electron chi connectivity index (χ4n) is 1.57. The number of allylic oxidation sites excluding steroid dienone is 2. The Hall–Kier alpha value is -1.94. The number of benzene rings is 1. The van der Waals surface area contributed by atoms with Gasteiger partial charge in [0.25, 0.3) is 5.69 Å². The molecule has 18 heavy (non-hydrogen) atoms. The number of aliphatic imine (C=N–C) groups is 1. The normalized spacial score (nSPS) is 15.4. The molecule has 1 heterocycles. The van der Waals surface area contributed by atoms with E-state index < -0.39 is 4.92 Å². The first-order chi connectivity index (χ1) is 8.65. The second-order valence-corrected chi connectivity index (χ2v) is 4.33. The lowest BCUT2D eigenvalue weighted by molar-refractivity contribution is -0.384.